The van der Waals surface area contributed by atoms with E-state index in [1.54, 1.807) is 11.9 Å². The van der Waals surface area contributed by atoms with E-state index in [-0.39, 0.29) is 36.8 Å². The molecule has 2 saturated heterocycles. The first-order chi connectivity index (χ1) is 11.0. The summed E-state index contributed by atoms with van der Waals surface area (Å²) in [6, 6.07) is -0.0395. The van der Waals surface area contributed by atoms with Crippen LogP contribution >= 0.6 is 12.4 Å². The van der Waals surface area contributed by atoms with Crippen LogP contribution in [0.3, 0.4) is 0 Å². The van der Waals surface area contributed by atoms with Gasteiger partial charge in [-0.25, -0.2) is 4.79 Å². The van der Waals surface area contributed by atoms with E-state index < -0.39 is 5.54 Å². The maximum Gasteiger partial charge on any atom is 0.327 e. The zero-order valence-electron chi connectivity index (χ0n) is 14.2. The highest BCUT2D eigenvalue weighted by molar-refractivity contribution is 6.08. The Kier molecular flexibility index (Phi) is 6.09. The van der Waals surface area contributed by atoms with Crippen molar-refractivity contribution in [2.45, 2.75) is 56.5 Å². The van der Waals surface area contributed by atoms with Gasteiger partial charge in [-0.3, -0.25) is 14.5 Å². The molecule has 136 valence electrons. The lowest BCUT2D eigenvalue weighted by Gasteiger charge is -2.35. The van der Waals surface area contributed by atoms with Crippen LogP contribution in [0.15, 0.2) is 0 Å². The molecule has 3 fully saturated rings. The van der Waals surface area contributed by atoms with Crippen molar-refractivity contribution in [1.29, 1.82) is 0 Å². The number of carbonyl (C=O) groups is 3. The molecule has 0 bridgehead atoms. The van der Waals surface area contributed by atoms with Crippen molar-refractivity contribution >= 4 is 30.3 Å². The second kappa shape index (κ2) is 7.70. The zero-order valence-corrected chi connectivity index (χ0v) is 15.0. The molecular formula is C16H27ClN4O3. The van der Waals surface area contributed by atoms with Crippen LogP contribution in [-0.4, -0.2) is 65.9 Å². The minimum absolute atomic E-state index is 0. The normalized spacial score (nSPS) is 26.0. The SMILES string of the molecule is CN1C(=O)N(CC(=O)NCC2CCCN2)C(=O)C12CCCCC2.Cl. The van der Waals surface area contributed by atoms with Crippen LogP contribution in [0.25, 0.3) is 0 Å². The molecule has 1 spiro atoms. The average Bonchev–Trinajstić information content (AvgIpc) is 3.14. The van der Waals surface area contributed by atoms with Gasteiger partial charge in [-0.2, -0.15) is 0 Å². The Morgan fingerprint density at radius 3 is 2.58 bits per heavy atom. The highest BCUT2D eigenvalue weighted by Gasteiger charge is 2.55. The van der Waals surface area contributed by atoms with Gasteiger partial charge >= 0.3 is 6.03 Å². The van der Waals surface area contributed by atoms with Crippen LogP contribution in [0.2, 0.25) is 0 Å². The van der Waals surface area contributed by atoms with Gasteiger partial charge in [0.25, 0.3) is 5.91 Å². The van der Waals surface area contributed by atoms with Crippen molar-refractivity contribution in [1.82, 2.24) is 20.4 Å². The Morgan fingerprint density at radius 1 is 1.25 bits per heavy atom. The molecule has 1 saturated carbocycles. The summed E-state index contributed by atoms with van der Waals surface area (Å²) < 4.78 is 0. The van der Waals surface area contributed by atoms with Crippen LogP contribution in [0.5, 0.6) is 0 Å². The molecule has 1 unspecified atom stereocenters. The Morgan fingerprint density at radius 2 is 1.96 bits per heavy atom. The number of nitrogens with zero attached hydrogens (tertiary/aromatic N) is 2. The summed E-state index contributed by atoms with van der Waals surface area (Å²) in [5.41, 5.74) is -0.706. The van der Waals surface area contributed by atoms with E-state index in [1.165, 1.54) is 0 Å². The van der Waals surface area contributed by atoms with Gasteiger partial charge < -0.3 is 15.5 Å². The lowest BCUT2D eigenvalue weighted by molar-refractivity contribution is -0.137. The molecule has 1 aliphatic carbocycles. The molecule has 24 heavy (non-hydrogen) atoms. The van der Waals surface area contributed by atoms with Crippen molar-refractivity contribution in [3.8, 4) is 0 Å². The van der Waals surface area contributed by atoms with Gasteiger partial charge in [0.2, 0.25) is 5.91 Å². The van der Waals surface area contributed by atoms with Gasteiger partial charge in [0.05, 0.1) is 0 Å². The first-order valence-electron chi connectivity index (χ1n) is 8.64. The van der Waals surface area contributed by atoms with Crippen LogP contribution < -0.4 is 10.6 Å². The largest absolute Gasteiger partial charge is 0.353 e. The molecule has 0 aromatic heterocycles. The number of hydrogen-bond donors (Lipinski definition) is 2. The maximum absolute atomic E-state index is 12.8. The fourth-order valence-electron chi connectivity index (χ4n) is 4.04. The Bertz CT molecular complexity index is 502. The number of likely N-dealkylation sites (N-methyl/N-ethyl adjacent to an activating group) is 1. The molecule has 8 heteroatoms. The van der Waals surface area contributed by atoms with Crippen LogP contribution in [0, 0.1) is 0 Å². The molecule has 0 radical (unpaired) electrons. The van der Waals surface area contributed by atoms with E-state index in [0.29, 0.717) is 25.4 Å². The monoisotopic (exact) mass is 358 g/mol. The number of nitrogens with one attached hydrogen (secondary N) is 2. The minimum Gasteiger partial charge on any atom is -0.353 e. The first-order valence-corrected chi connectivity index (χ1v) is 8.64. The smallest absolute Gasteiger partial charge is 0.327 e. The third-order valence-electron chi connectivity index (χ3n) is 5.49. The standard InChI is InChI=1S/C16H26N4O3.ClH/c1-19-15(23)20(14(22)16(19)7-3-2-4-8-16)11-13(21)18-10-12-6-5-9-17-12;/h12,17H,2-11H2,1H3,(H,18,21);1H. The molecule has 3 rings (SSSR count). The topological polar surface area (TPSA) is 81.8 Å². The fraction of sp³-hybridized carbons (Fsp3) is 0.812. The molecule has 1 atom stereocenters. The van der Waals surface area contributed by atoms with Crippen molar-refractivity contribution in [3.05, 3.63) is 0 Å². The van der Waals surface area contributed by atoms with Crippen molar-refractivity contribution in [2.24, 2.45) is 0 Å². The summed E-state index contributed by atoms with van der Waals surface area (Å²) >= 11 is 0. The average molecular weight is 359 g/mol. The number of amides is 4. The van der Waals surface area contributed by atoms with Crippen molar-refractivity contribution in [2.75, 3.05) is 26.7 Å². The molecular weight excluding hydrogens is 332 g/mol. The summed E-state index contributed by atoms with van der Waals surface area (Å²) in [5, 5.41) is 6.14. The van der Waals surface area contributed by atoms with E-state index in [9.17, 15) is 14.4 Å². The van der Waals surface area contributed by atoms with Gasteiger partial charge in [0.1, 0.15) is 12.1 Å². The minimum atomic E-state index is -0.706. The summed E-state index contributed by atoms with van der Waals surface area (Å²) in [6.07, 6.45) is 6.60. The number of rotatable bonds is 4. The van der Waals surface area contributed by atoms with E-state index in [4.69, 9.17) is 0 Å². The predicted octanol–water partition coefficient (Wildman–Crippen LogP) is 0.873. The fourth-order valence-corrected chi connectivity index (χ4v) is 4.04. The highest BCUT2D eigenvalue weighted by atomic mass is 35.5. The third kappa shape index (κ3) is 3.37. The number of carbonyl (C=O) groups excluding carboxylic acids is 3. The van der Waals surface area contributed by atoms with Gasteiger partial charge in [-0.15, -0.1) is 12.4 Å². The summed E-state index contributed by atoms with van der Waals surface area (Å²) in [4.78, 5) is 40.0. The lowest BCUT2D eigenvalue weighted by atomic mass is 9.81. The molecule has 2 N–H and O–H groups in total. The molecule has 0 aromatic rings. The lowest BCUT2D eigenvalue weighted by Crippen LogP contribution is -2.49. The summed E-state index contributed by atoms with van der Waals surface area (Å²) in [5.74, 6) is -0.458. The van der Waals surface area contributed by atoms with E-state index >= 15 is 0 Å². The van der Waals surface area contributed by atoms with Crippen LogP contribution in [0.4, 0.5) is 4.79 Å². The summed E-state index contributed by atoms with van der Waals surface area (Å²) in [7, 11) is 1.69. The molecule has 3 aliphatic rings. The second-order valence-electron chi connectivity index (χ2n) is 6.92. The predicted molar refractivity (Wildman–Crippen MR) is 92.0 cm³/mol. The highest BCUT2D eigenvalue weighted by Crippen LogP contribution is 2.39. The van der Waals surface area contributed by atoms with Gasteiger partial charge in [-0.1, -0.05) is 19.3 Å². The number of hydrogen-bond acceptors (Lipinski definition) is 4. The van der Waals surface area contributed by atoms with Gasteiger partial charge in [-0.05, 0) is 32.2 Å². The quantitative estimate of drug-likeness (QED) is 0.731. The Balaban J connectivity index is 0.00000208. The molecule has 2 aliphatic heterocycles. The van der Waals surface area contributed by atoms with Crippen molar-refractivity contribution < 1.29 is 14.4 Å². The van der Waals surface area contributed by atoms with Crippen LogP contribution in [0.1, 0.15) is 44.9 Å². The molecule has 0 aromatic carbocycles. The molecule has 4 amide bonds. The number of urea groups is 1. The summed E-state index contributed by atoms with van der Waals surface area (Å²) in [6.45, 7) is 1.36. The number of imide groups is 1. The van der Waals surface area contributed by atoms with Gasteiger partial charge in [0.15, 0.2) is 0 Å². The van der Waals surface area contributed by atoms with Crippen molar-refractivity contribution in [3.63, 3.8) is 0 Å². The third-order valence-corrected chi connectivity index (χ3v) is 5.49. The Hall–Kier alpha value is -1.34. The molecule has 7 nitrogen and oxygen atoms in total. The zero-order chi connectivity index (χ0) is 16.4. The van der Waals surface area contributed by atoms with E-state index in [2.05, 4.69) is 10.6 Å². The van der Waals surface area contributed by atoms with E-state index in [0.717, 1.165) is 43.5 Å². The molecule has 2 heterocycles. The maximum atomic E-state index is 12.8. The number of halogens is 1. The Labute approximate surface area is 148 Å². The first kappa shape index (κ1) is 19.0. The van der Waals surface area contributed by atoms with Gasteiger partial charge in [0, 0.05) is 19.6 Å². The van der Waals surface area contributed by atoms with Crippen LogP contribution in [-0.2, 0) is 9.59 Å². The van der Waals surface area contributed by atoms with E-state index in [1.807, 2.05) is 0 Å². The second-order valence-corrected chi connectivity index (χ2v) is 6.92.